The van der Waals surface area contributed by atoms with Crippen LogP contribution in [0.5, 0.6) is 0 Å². The minimum absolute atomic E-state index is 0.152. The largest absolute Gasteiger partial charge is 0.462 e. The number of ether oxygens (including phenoxy) is 1. The van der Waals surface area contributed by atoms with Crippen LogP contribution in [-0.2, 0) is 11.2 Å². The molecule has 0 aliphatic carbocycles. The quantitative estimate of drug-likeness (QED) is 0.633. The second kappa shape index (κ2) is 8.62. The maximum atomic E-state index is 5.93. The number of aryl methyl sites for hydroxylation is 1. The van der Waals surface area contributed by atoms with Gasteiger partial charge in [0.2, 0.25) is 0 Å². The van der Waals surface area contributed by atoms with Crippen molar-refractivity contribution in [3.05, 3.63) is 35.9 Å². The third-order valence-corrected chi connectivity index (χ3v) is 2.78. The summed E-state index contributed by atoms with van der Waals surface area (Å²) < 4.78 is 5.93. The molecule has 3 heteroatoms. The van der Waals surface area contributed by atoms with E-state index in [1.165, 1.54) is 5.56 Å². The predicted molar refractivity (Wildman–Crippen MR) is 86.2 cm³/mol. The van der Waals surface area contributed by atoms with Crippen LogP contribution in [0.15, 0.2) is 35.3 Å². The van der Waals surface area contributed by atoms with E-state index < -0.39 is 0 Å². The Balaban J connectivity index is 2.47. The standard InChI is InChI=1S/C17H28N2O/c1-13(2)18-17(19-14(3)4)20-15(5)11-12-16-9-7-6-8-10-16/h6-10,13-15H,11-12H2,1-5H3,(H,18,19)/t15-/m0/s1. The van der Waals surface area contributed by atoms with Gasteiger partial charge in [0.05, 0.1) is 6.10 Å². The fourth-order valence-corrected chi connectivity index (χ4v) is 1.85. The summed E-state index contributed by atoms with van der Waals surface area (Å²) in [6.45, 7) is 10.4. The van der Waals surface area contributed by atoms with Crippen molar-refractivity contribution in [1.82, 2.24) is 5.32 Å². The molecule has 0 saturated heterocycles. The molecule has 0 aliphatic rings. The second-order valence-corrected chi connectivity index (χ2v) is 5.78. The first kappa shape index (κ1) is 16.5. The number of hydrogen-bond donors (Lipinski definition) is 1. The minimum Gasteiger partial charge on any atom is -0.462 e. The molecule has 20 heavy (non-hydrogen) atoms. The number of amidine groups is 1. The molecule has 0 fully saturated rings. The van der Waals surface area contributed by atoms with E-state index in [9.17, 15) is 0 Å². The Labute approximate surface area is 123 Å². The maximum absolute atomic E-state index is 5.93. The van der Waals surface area contributed by atoms with Gasteiger partial charge >= 0.3 is 0 Å². The van der Waals surface area contributed by atoms with E-state index in [1.807, 2.05) is 6.07 Å². The van der Waals surface area contributed by atoms with E-state index in [0.29, 0.717) is 12.1 Å². The lowest BCUT2D eigenvalue weighted by Gasteiger charge is -2.19. The predicted octanol–water partition coefficient (Wildman–Crippen LogP) is 3.79. The van der Waals surface area contributed by atoms with Crippen LogP contribution in [0.1, 0.15) is 46.6 Å². The second-order valence-electron chi connectivity index (χ2n) is 5.78. The smallest absolute Gasteiger partial charge is 0.285 e. The molecule has 1 N–H and O–H groups in total. The first-order valence-electron chi connectivity index (χ1n) is 7.52. The summed E-state index contributed by atoms with van der Waals surface area (Å²) in [5.74, 6) is 0. The Hall–Kier alpha value is -1.51. The van der Waals surface area contributed by atoms with Crippen molar-refractivity contribution >= 4 is 6.02 Å². The lowest BCUT2D eigenvalue weighted by molar-refractivity contribution is 0.184. The highest BCUT2D eigenvalue weighted by Gasteiger charge is 2.10. The van der Waals surface area contributed by atoms with Gasteiger partial charge in [0.15, 0.2) is 0 Å². The lowest BCUT2D eigenvalue weighted by Crippen LogP contribution is -2.35. The maximum Gasteiger partial charge on any atom is 0.285 e. The van der Waals surface area contributed by atoms with E-state index >= 15 is 0 Å². The van der Waals surface area contributed by atoms with E-state index in [-0.39, 0.29) is 12.1 Å². The molecule has 0 spiro atoms. The van der Waals surface area contributed by atoms with Gasteiger partial charge in [0.25, 0.3) is 6.02 Å². The van der Waals surface area contributed by atoms with E-state index in [2.05, 4.69) is 69.2 Å². The van der Waals surface area contributed by atoms with E-state index in [0.717, 1.165) is 12.8 Å². The van der Waals surface area contributed by atoms with Crippen molar-refractivity contribution in [2.45, 2.75) is 65.6 Å². The third kappa shape index (κ3) is 7.17. The summed E-state index contributed by atoms with van der Waals surface area (Å²) in [7, 11) is 0. The van der Waals surface area contributed by atoms with Gasteiger partial charge in [-0.1, -0.05) is 30.3 Å². The van der Waals surface area contributed by atoms with Crippen LogP contribution in [-0.4, -0.2) is 24.2 Å². The SMILES string of the molecule is CC(C)N=C(NC(C)C)O[C@@H](C)CCc1ccccc1. The van der Waals surface area contributed by atoms with Gasteiger partial charge in [0.1, 0.15) is 0 Å². The highest BCUT2D eigenvalue weighted by molar-refractivity contribution is 5.74. The van der Waals surface area contributed by atoms with Crippen LogP contribution in [0.2, 0.25) is 0 Å². The Bertz CT molecular complexity index is 399. The molecule has 0 unspecified atom stereocenters. The van der Waals surface area contributed by atoms with E-state index in [1.54, 1.807) is 0 Å². The highest BCUT2D eigenvalue weighted by atomic mass is 16.5. The van der Waals surface area contributed by atoms with Crippen LogP contribution in [0.4, 0.5) is 0 Å². The van der Waals surface area contributed by atoms with Gasteiger partial charge < -0.3 is 10.1 Å². The van der Waals surface area contributed by atoms with Crippen molar-refractivity contribution in [2.24, 2.45) is 4.99 Å². The molecule has 0 saturated carbocycles. The average Bonchev–Trinajstić information content (AvgIpc) is 2.36. The highest BCUT2D eigenvalue weighted by Crippen LogP contribution is 2.07. The molecular weight excluding hydrogens is 248 g/mol. The average molecular weight is 276 g/mol. The van der Waals surface area contributed by atoms with Crippen LogP contribution in [0.3, 0.4) is 0 Å². The summed E-state index contributed by atoms with van der Waals surface area (Å²) in [5, 5.41) is 3.27. The number of hydrogen-bond acceptors (Lipinski definition) is 2. The van der Waals surface area contributed by atoms with Crippen molar-refractivity contribution in [1.29, 1.82) is 0 Å². The molecule has 0 bridgehead atoms. The van der Waals surface area contributed by atoms with Gasteiger partial charge in [-0.3, -0.25) is 0 Å². The molecule has 1 aromatic carbocycles. The summed E-state index contributed by atoms with van der Waals surface area (Å²) in [5.41, 5.74) is 1.35. The Morgan fingerprint density at radius 2 is 1.75 bits per heavy atom. The fourth-order valence-electron chi connectivity index (χ4n) is 1.85. The van der Waals surface area contributed by atoms with Gasteiger partial charge in [0, 0.05) is 12.1 Å². The zero-order valence-electron chi connectivity index (χ0n) is 13.4. The molecule has 1 atom stereocenters. The number of nitrogens with zero attached hydrogens (tertiary/aromatic N) is 1. The van der Waals surface area contributed by atoms with Crippen LogP contribution < -0.4 is 5.32 Å². The Kier molecular flexibility index (Phi) is 7.13. The number of benzene rings is 1. The molecule has 1 aromatic rings. The summed E-state index contributed by atoms with van der Waals surface area (Å²) >= 11 is 0. The summed E-state index contributed by atoms with van der Waals surface area (Å²) in [6.07, 6.45) is 2.17. The molecule has 0 aromatic heterocycles. The summed E-state index contributed by atoms with van der Waals surface area (Å²) in [4.78, 5) is 4.50. The first-order chi connectivity index (χ1) is 9.47. The normalized spacial score (nSPS) is 13.7. The zero-order valence-corrected chi connectivity index (χ0v) is 13.4. The minimum atomic E-state index is 0.152. The Morgan fingerprint density at radius 1 is 1.10 bits per heavy atom. The molecule has 0 aliphatic heterocycles. The molecule has 0 radical (unpaired) electrons. The van der Waals surface area contributed by atoms with Crippen LogP contribution in [0.25, 0.3) is 0 Å². The van der Waals surface area contributed by atoms with Gasteiger partial charge in [-0.25, -0.2) is 4.99 Å². The molecule has 112 valence electrons. The first-order valence-corrected chi connectivity index (χ1v) is 7.52. The van der Waals surface area contributed by atoms with Gasteiger partial charge in [-0.2, -0.15) is 0 Å². The molecular formula is C17H28N2O. The third-order valence-electron chi connectivity index (χ3n) is 2.78. The fraction of sp³-hybridized carbons (Fsp3) is 0.588. The van der Waals surface area contributed by atoms with Crippen molar-refractivity contribution in [3.63, 3.8) is 0 Å². The molecule has 1 rings (SSSR count). The molecule has 0 heterocycles. The number of rotatable bonds is 6. The van der Waals surface area contributed by atoms with Crippen molar-refractivity contribution < 1.29 is 4.74 Å². The monoisotopic (exact) mass is 276 g/mol. The topological polar surface area (TPSA) is 33.6 Å². The van der Waals surface area contributed by atoms with Crippen LogP contribution >= 0.6 is 0 Å². The van der Waals surface area contributed by atoms with E-state index in [4.69, 9.17) is 4.74 Å². The van der Waals surface area contributed by atoms with Crippen LogP contribution in [0, 0.1) is 0 Å². The number of nitrogens with one attached hydrogen (secondary N) is 1. The van der Waals surface area contributed by atoms with Gasteiger partial charge in [-0.05, 0) is 53.0 Å². The molecule has 0 amide bonds. The lowest BCUT2D eigenvalue weighted by atomic mass is 10.1. The van der Waals surface area contributed by atoms with Gasteiger partial charge in [-0.15, -0.1) is 0 Å². The molecule has 3 nitrogen and oxygen atoms in total. The van der Waals surface area contributed by atoms with Crippen molar-refractivity contribution in [3.8, 4) is 0 Å². The summed E-state index contributed by atoms with van der Waals surface area (Å²) in [6, 6.07) is 11.7. The number of aliphatic imine (C=N–C) groups is 1. The zero-order chi connectivity index (χ0) is 15.0. The Morgan fingerprint density at radius 3 is 2.30 bits per heavy atom. The van der Waals surface area contributed by atoms with Crippen molar-refractivity contribution in [2.75, 3.05) is 0 Å².